The van der Waals surface area contributed by atoms with Gasteiger partial charge in [-0.15, -0.1) is 0 Å². The van der Waals surface area contributed by atoms with Gasteiger partial charge in [0.05, 0.1) is 12.1 Å². The molecule has 2 amide bonds. The SMILES string of the molecule is CC1CCC(F)C2CC(C(=O)N[C@@H]3CCC[C@@H](N4CCN5C(=O)OC[C@H]5C4)C3)NC12. The molecule has 30 heavy (non-hydrogen) atoms. The molecule has 2 aliphatic carbocycles. The number of piperazine rings is 1. The predicted molar refractivity (Wildman–Crippen MR) is 110 cm³/mol. The third-order valence-corrected chi connectivity index (χ3v) is 8.31. The summed E-state index contributed by atoms with van der Waals surface area (Å²) in [7, 11) is 0. The molecule has 5 unspecified atom stereocenters. The summed E-state index contributed by atoms with van der Waals surface area (Å²) in [6.45, 7) is 5.13. The molecular weight excluding hydrogens is 387 g/mol. The van der Waals surface area contributed by atoms with E-state index in [9.17, 15) is 14.0 Å². The summed E-state index contributed by atoms with van der Waals surface area (Å²) in [5.74, 6) is 0.467. The van der Waals surface area contributed by atoms with E-state index in [0.717, 1.165) is 51.7 Å². The zero-order valence-corrected chi connectivity index (χ0v) is 17.9. The molecule has 2 saturated carbocycles. The van der Waals surface area contributed by atoms with Crippen LogP contribution in [0.4, 0.5) is 9.18 Å². The largest absolute Gasteiger partial charge is 0.447 e. The number of nitrogens with zero attached hydrogens (tertiary/aromatic N) is 2. The Kier molecular flexibility index (Phi) is 5.64. The summed E-state index contributed by atoms with van der Waals surface area (Å²) < 4.78 is 19.6. The molecule has 3 aliphatic heterocycles. The van der Waals surface area contributed by atoms with Crippen molar-refractivity contribution in [2.45, 2.75) is 88.3 Å². The van der Waals surface area contributed by atoms with Gasteiger partial charge in [-0.2, -0.15) is 0 Å². The van der Waals surface area contributed by atoms with E-state index >= 15 is 0 Å². The third-order valence-electron chi connectivity index (χ3n) is 8.31. The molecule has 0 spiro atoms. The summed E-state index contributed by atoms with van der Waals surface area (Å²) in [6, 6.07) is 0.665. The van der Waals surface area contributed by atoms with Crippen LogP contribution in [0.25, 0.3) is 0 Å². The molecule has 5 rings (SSSR count). The first-order valence-corrected chi connectivity index (χ1v) is 11.9. The fourth-order valence-electron chi connectivity index (χ4n) is 6.57. The Morgan fingerprint density at radius 3 is 2.87 bits per heavy atom. The zero-order chi connectivity index (χ0) is 20.8. The lowest BCUT2D eigenvalue weighted by Crippen LogP contribution is -2.57. The molecule has 0 radical (unpaired) electrons. The number of amides is 2. The van der Waals surface area contributed by atoms with Crippen molar-refractivity contribution in [1.82, 2.24) is 20.4 Å². The summed E-state index contributed by atoms with van der Waals surface area (Å²) in [6.07, 6.45) is 5.40. The predicted octanol–water partition coefficient (Wildman–Crippen LogP) is 1.66. The molecule has 2 N–H and O–H groups in total. The molecule has 168 valence electrons. The van der Waals surface area contributed by atoms with Crippen LogP contribution < -0.4 is 10.6 Å². The molecule has 5 fully saturated rings. The van der Waals surface area contributed by atoms with Gasteiger partial charge in [0.1, 0.15) is 12.8 Å². The lowest BCUT2D eigenvalue weighted by Gasteiger charge is -2.43. The van der Waals surface area contributed by atoms with E-state index in [2.05, 4.69) is 22.5 Å². The van der Waals surface area contributed by atoms with Crippen LogP contribution >= 0.6 is 0 Å². The highest BCUT2D eigenvalue weighted by atomic mass is 19.1. The van der Waals surface area contributed by atoms with Crippen molar-refractivity contribution in [2.24, 2.45) is 11.8 Å². The lowest BCUT2D eigenvalue weighted by atomic mass is 9.77. The van der Waals surface area contributed by atoms with Gasteiger partial charge >= 0.3 is 6.09 Å². The Labute approximate surface area is 178 Å². The van der Waals surface area contributed by atoms with Gasteiger partial charge in [-0.05, 0) is 50.9 Å². The number of alkyl halides is 1. The number of halogens is 1. The van der Waals surface area contributed by atoms with E-state index in [4.69, 9.17) is 4.74 Å². The number of carbonyl (C=O) groups excluding carboxylic acids is 2. The maximum atomic E-state index is 14.4. The van der Waals surface area contributed by atoms with Crippen LogP contribution in [-0.4, -0.2) is 84.4 Å². The molecule has 0 aromatic rings. The van der Waals surface area contributed by atoms with Gasteiger partial charge in [0, 0.05) is 43.7 Å². The summed E-state index contributed by atoms with van der Waals surface area (Å²) in [5.41, 5.74) is 0. The molecule has 3 saturated heterocycles. The Bertz CT molecular complexity index is 661. The van der Waals surface area contributed by atoms with Crippen LogP contribution in [0.5, 0.6) is 0 Å². The van der Waals surface area contributed by atoms with E-state index in [1.54, 1.807) is 0 Å². The van der Waals surface area contributed by atoms with Gasteiger partial charge in [0.15, 0.2) is 0 Å². The van der Waals surface area contributed by atoms with Gasteiger partial charge in [-0.1, -0.05) is 6.92 Å². The number of hydrogen-bond acceptors (Lipinski definition) is 5. The second-order valence-electron chi connectivity index (χ2n) is 10.2. The van der Waals surface area contributed by atoms with Crippen molar-refractivity contribution in [3.8, 4) is 0 Å². The number of hydrogen-bond donors (Lipinski definition) is 2. The van der Waals surface area contributed by atoms with Gasteiger partial charge < -0.3 is 15.4 Å². The van der Waals surface area contributed by atoms with Crippen molar-refractivity contribution >= 4 is 12.0 Å². The van der Waals surface area contributed by atoms with Crippen molar-refractivity contribution in [3.63, 3.8) is 0 Å². The topological polar surface area (TPSA) is 73.9 Å². The fourth-order valence-corrected chi connectivity index (χ4v) is 6.57. The second kappa shape index (κ2) is 8.26. The minimum Gasteiger partial charge on any atom is -0.447 e. The van der Waals surface area contributed by atoms with E-state index in [0.29, 0.717) is 31.4 Å². The van der Waals surface area contributed by atoms with E-state index in [1.165, 1.54) is 0 Å². The zero-order valence-electron chi connectivity index (χ0n) is 17.9. The van der Waals surface area contributed by atoms with Crippen LogP contribution in [0.2, 0.25) is 0 Å². The maximum absolute atomic E-state index is 14.4. The number of fused-ring (bicyclic) bond motifs is 2. The average Bonchev–Trinajstić information content (AvgIpc) is 3.36. The smallest absolute Gasteiger partial charge is 0.410 e. The highest BCUT2D eigenvalue weighted by Crippen LogP contribution is 2.38. The van der Waals surface area contributed by atoms with Crippen molar-refractivity contribution in [3.05, 3.63) is 0 Å². The fraction of sp³-hybridized carbons (Fsp3) is 0.909. The molecule has 8 atom stereocenters. The van der Waals surface area contributed by atoms with Gasteiger partial charge in [0.25, 0.3) is 0 Å². The summed E-state index contributed by atoms with van der Waals surface area (Å²) in [5, 5.41) is 6.74. The molecule has 3 heterocycles. The third kappa shape index (κ3) is 3.81. The summed E-state index contributed by atoms with van der Waals surface area (Å²) in [4.78, 5) is 29.0. The average molecular weight is 423 g/mol. The van der Waals surface area contributed by atoms with Gasteiger partial charge in [0.2, 0.25) is 5.91 Å². The molecule has 0 aromatic heterocycles. The molecule has 0 aromatic carbocycles. The molecular formula is C22H35FN4O3. The highest BCUT2D eigenvalue weighted by Gasteiger charge is 2.47. The van der Waals surface area contributed by atoms with Crippen LogP contribution in [0.15, 0.2) is 0 Å². The highest BCUT2D eigenvalue weighted by molar-refractivity contribution is 5.82. The first-order chi connectivity index (χ1) is 14.5. The standard InChI is InChI=1S/C22H35FN4O3/c1-13-5-6-18(23)17-10-19(25-20(13)17)21(28)24-14-3-2-4-15(9-14)26-7-8-27-16(11-26)12-30-22(27)29/h13-20,25H,2-12H2,1H3,(H,24,28)/t13?,14-,15-,16-,17?,18?,19?,20?/m1/s1. The first kappa shape index (κ1) is 20.5. The Morgan fingerprint density at radius 2 is 2.03 bits per heavy atom. The second-order valence-corrected chi connectivity index (χ2v) is 10.2. The molecule has 5 aliphatic rings. The van der Waals surface area contributed by atoms with E-state index < -0.39 is 6.17 Å². The summed E-state index contributed by atoms with van der Waals surface area (Å²) >= 11 is 0. The first-order valence-electron chi connectivity index (χ1n) is 11.9. The van der Waals surface area contributed by atoms with Gasteiger partial charge in [-0.25, -0.2) is 9.18 Å². The molecule has 8 heteroatoms. The maximum Gasteiger partial charge on any atom is 0.410 e. The number of rotatable bonds is 3. The van der Waals surface area contributed by atoms with Crippen LogP contribution in [0.3, 0.4) is 0 Å². The van der Waals surface area contributed by atoms with Crippen molar-refractivity contribution < 1.29 is 18.7 Å². The number of carbonyl (C=O) groups is 2. The van der Waals surface area contributed by atoms with Crippen molar-refractivity contribution in [1.29, 1.82) is 0 Å². The Morgan fingerprint density at radius 1 is 1.17 bits per heavy atom. The molecule has 0 bridgehead atoms. The number of ether oxygens (including phenoxy) is 1. The normalized spacial score (nSPS) is 44.3. The monoisotopic (exact) mass is 422 g/mol. The Balaban J connectivity index is 1.14. The number of cyclic esters (lactones) is 1. The van der Waals surface area contributed by atoms with Crippen LogP contribution in [0, 0.1) is 11.8 Å². The minimum absolute atomic E-state index is 0.0174. The van der Waals surface area contributed by atoms with Crippen LogP contribution in [0.1, 0.15) is 51.9 Å². The van der Waals surface area contributed by atoms with Gasteiger partial charge in [-0.3, -0.25) is 14.6 Å². The number of nitrogens with one attached hydrogen (secondary N) is 2. The van der Waals surface area contributed by atoms with E-state index in [-0.39, 0.29) is 42.1 Å². The minimum atomic E-state index is -0.777. The van der Waals surface area contributed by atoms with Crippen molar-refractivity contribution in [2.75, 3.05) is 26.2 Å². The Hall–Kier alpha value is -1.41. The quantitative estimate of drug-likeness (QED) is 0.724. The van der Waals surface area contributed by atoms with Crippen LogP contribution in [-0.2, 0) is 9.53 Å². The van der Waals surface area contributed by atoms with E-state index in [1.807, 2.05) is 4.90 Å². The molecule has 7 nitrogen and oxygen atoms in total. The lowest BCUT2D eigenvalue weighted by molar-refractivity contribution is -0.124.